The number of nitrogens with two attached hydrogens (primary N) is 1. The van der Waals surface area contributed by atoms with E-state index in [1.807, 2.05) is 0 Å². The van der Waals surface area contributed by atoms with Crippen molar-refractivity contribution in [1.29, 1.82) is 0 Å². The van der Waals surface area contributed by atoms with Crippen LogP contribution in [-0.2, 0) is 10.0 Å². The quantitative estimate of drug-likeness (QED) is 0.894. The first kappa shape index (κ1) is 13.8. The molecule has 0 unspecified atom stereocenters. The fourth-order valence-corrected chi connectivity index (χ4v) is 2.86. The fraction of sp³-hybridized carbons (Fsp3) is 0. The van der Waals surface area contributed by atoms with Crippen LogP contribution in [0.15, 0.2) is 46.0 Å². The molecule has 1 heterocycles. The van der Waals surface area contributed by atoms with E-state index >= 15 is 0 Å². The molecule has 19 heavy (non-hydrogen) atoms. The number of sulfonamides is 1. The standard InChI is InChI=1S/C11H9BrFN3O2S/c12-7-3-4-10(8(13)6-7)16-19(17,18)11-9(14)2-1-5-15-11/h1-6,16H,14H2. The summed E-state index contributed by atoms with van der Waals surface area (Å²) in [5.74, 6) is -0.701. The zero-order chi connectivity index (χ0) is 14.0. The second-order valence-electron chi connectivity index (χ2n) is 3.63. The first-order valence-corrected chi connectivity index (χ1v) is 7.36. The molecule has 2 aromatic rings. The topological polar surface area (TPSA) is 85.1 Å². The van der Waals surface area contributed by atoms with Gasteiger partial charge in [0.2, 0.25) is 0 Å². The van der Waals surface area contributed by atoms with Crippen molar-refractivity contribution in [3.05, 3.63) is 46.8 Å². The molecule has 1 aromatic heterocycles. The molecule has 0 bridgehead atoms. The number of nitrogen functional groups attached to an aromatic ring is 1. The van der Waals surface area contributed by atoms with Gasteiger partial charge in [-0.15, -0.1) is 0 Å². The monoisotopic (exact) mass is 345 g/mol. The molecule has 0 amide bonds. The molecular formula is C11H9BrFN3O2S. The zero-order valence-corrected chi connectivity index (χ0v) is 11.9. The van der Waals surface area contributed by atoms with Crippen LogP contribution >= 0.6 is 15.9 Å². The Morgan fingerprint density at radius 3 is 2.68 bits per heavy atom. The summed E-state index contributed by atoms with van der Waals surface area (Å²) in [7, 11) is -4.02. The molecule has 100 valence electrons. The summed E-state index contributed by atoms with van der Waals surface area (Å²) in [5, 5.41) is -0.336. The van der Waals surface area contributed by atoms with Crippen LogP contribution in [0.25, 0.3) is 0 Å². The molecular weight excluding hydrogens is 337 g/mol. The minimum atomic E-state index is -4.02. The average Bonchev–Trinajstić information content (AvgIpc) is 2.33. The highest BCUT2D eigenvalue weighted by molar-refractivity contribution is 9.10. The molecule has 0 fully saturated rings. The Morgan fingerprint density at radius 1 is 1.32 bits per heavy atom. The average molecular weight is 346 g/mol. The van der Waals surface area contributed by atoms with Crippen molar-refractivity contribution in [2.24, 2.45) is 0 Å². The molecule has 0 saturated carbocycles. The number of nitrogens with one attached hydrogen (secondary N) is 1. The lowest BCUT2D eigenvalue weighted by molar-refractivity contribution is 0.595. The maximum absolute atomic E-state index is 13.6. The molecule has 1 aromatic carbocycles. The number of halogens is 2. The van der Waals surface area contributed by atoms with E-state index in [2.05, 4.69) is 25.6 Å². The van der Waals surface area contributed by atoms with Crippen LogP contribution in [-0.4, -0.2) is 13.4 Å². The fourth-order valence-electron chi connectivity index (χ4n) is 1.39. The van der Waals surface area contributed by atoms with Crippen LogP contribution < -0.4 is 10.5 Å². The number of benzene rings is 1. The van der Waals surface area contributed by atoms with E-state index in [0.29, 0.717) is 4.47 Å². The van der Waals surface area contributed by atoms with Crippen LogP contribution in [0, 0.1) is 5.82 Å². The van der Waals surface area contributed by atoms with Gasteiger partial charge in [-0.3, -0.25) is 4.72 Å². The third-order valence-corrected chi connectivity index (χ3v) is 4.06. The number of hydrogen-bond donors (Lipinski definition) is 2. The van der Waals surface area contributed by atoms with E-state index in [4.69, 9.17) is 5.73 Å². The second kappa shape index (κ2) is 5.14. The van der Waals surface area contributed by atoms with Gasteiger partial charge in [0.05, 0.1) is 11.4 Å². The zero-order valence-electron chi connectivity index (χ0n) is 9.47. The van der Waals surface area contributed by atoms with Gasteiger partial charge >= 0.3 is 0 Å². The van der Waals surface area contributed by atoms with Crippen LogP contribution in [0.3, 0.4) is 0 Å². The number of pyridine rings is 1. The maximum atomic E-state index is 13.6. The van der Waals surface area contributed by atoms with Gasteiger partial charge in [0.25, 0.3) is 10.0 Å². The lowest BCUT2D eigenvalue weighted by Gasteiger charge is -2.09. The first-order valence-electron chi connectivity index (χ1n) is 5.08. The highest BCUT2D eigenvalue weighted by Crippen LogP contribution is 2.23. The molecule has 0 aliphatic rings. The van der Waals surface area contributed by atoms with Crippen LogP contribution in [0.1, 0.15) is 0 Å². The third-order valence-electron chi connectivity index (χ3n) is 2.23. The van der Waals surface area contributed by atoms with Crippen LogP contribution in [0.4, 0.5) is 15.8 Å². The van der Waals surface area contributed by atoms with Crippen LogP contribution in [0.5, 0.6) is 0 Å². The predicted molar refractivity (Wildman–Crippen MR) is 73.6 cm³/mol. The van der Waals surface area contributed by atoms with E-state index < -0.39 is 15.8 Å². The number of anilines is 2. The molecule has 2 rings (SSSR count). The predicted octanol–water partition coefficient (Wildman–Crippen LogP) is 2.37. The highest BCUT2D eigenvalue weighted by Gasteiger charge is 2.20. The van der Waals surface area contributed by atoms with Crippen molar-refractivity contribution in [3.8, 4) is 0 Å². The van der Waals surface area contributed by atoms with E-state index in [0.717, 1.165) is 6.07 Å². The molecule has 3 N–H and O–H groups in total. The van der Waals surface area contributed by atoms with Gasteiger partial charge in [-0.2, -0.15) is 8.42 Å². The Hall–Kier alpha value is -1.67. The van der Waals surface area contributed by atoms with Gasteiger partial charge in [0.1, 0.15) is 5.82 Å². The van der Waals surface area contributed by atoms with E-state index in [1.54, 1.807) is 0 Å². The number of rotatable bonds is 3. The van der Waals surface area contributed by atoms with Crippen molar-refractivity contribution in [3.63, 3.8) is 0 Å². The molecule has 0 radical (unpaired) electrons. The Morgan fingerprint density at radius 2 is 2.05 bits per heavy atom. The summed E-state index contributed by atoms with van der Waals surface area (Å²) >= 11 is 3.08. The van der Waals surface area contributed by atoms with Gasteiger partial charge in [-0.25, -0.2) is 9.37 Å². The smallest absolute Gasteiger partial charge is 0.281 e. The van der Waals surface area contributed by atoms with Crippen molar-refractivity contribution < 1.29 is 12.8 Å². The molecule has 0 aliphatic heterocycles. The number of hydrogen-bond acceptors (Lipinski definition) is 4. The van der Waals surface area contributed by atoms with E-state index in [9.17, 15) is 12.8 Å². The lowest BCUT2D eigenvalue weighted by Crippen LogP contribution is -2.17. The van der Waals surface area contributed by atoms with Crippen molar-refractivity contribution >= 4 is 37.3 Å². The number of nitrogens with zero attached hydrogens (tertiary/aromatic N) is 1. The summed E-state index contributed by atoms with van der Waals surface area (Å²) in [4.78, 5) is 3.69. The molecule has 0 aliphatic carbocycles. The summed E-state index contributed by atoms with van der Waals surface area (Å²) in [6.07, 6.45) is 1.29. The Bertz CT molecular complexity index is 722. The minimum absolute atomic E-state index is 0.00693. The van der Waals surface area contributed by atoms with Crippen molar-refractivity contribution in [2.75, 3.05) is 10.5 Å². The second-order valence-corrected chi connectivity index (χ2v) is 6.14. The minimum Gasteiger partial charge on any atom is -0.396 e. The summed E-state index contributed by atoms with van der Waals surface area (Å²) in [5.41, 5.74) is 5.36. The van der Waals surface area contributed by atoms with Crippen molar-refractivity contribution in [1.82, 2.24) is 4.98 Å². The Balaban J connectivity index is 2.40. The van der Waals surface area contributed by atoms with Gasteiger partial charge in [-0.05, 0) is 30.3 Å². The van der Waals surface area contributed by atoms with Crippen molar-refractivity contribution in [2.45, 2.75) is 5.03 Å². The molecule has 5 nitrogen and oxygen atoms in total. The normalized spacial score (nSPS) is 11.3. The number of aromatic nitrogens is 1. The summed E-state index contributed by atoms with van der Waals surface area (Å²) in [6, 6.07) is 6.88. The van der Waals surface area contributed by atoms with Gasteiger partial charge < -0.3 is 5.73 Å². The largest absolute Gasteiger partial charge is 0.396 e. The molecule has 0 saturated heterocycles. The SMILES string of the molecule is Nc1cccnc1S(=O)(=O)Nc1ccc(Br)cc1F. The maximum Gasteiger partial charge on any atom is 0.281 e. The van der Waals surface area contributed by atoms with Gasteiger partial charge in [0, 0.05) is 10.7 Å². The third kappa shape index (κ3) is 3.02. The van der Waals surface area contributed by atoms with Gasteiger partial charge in [0.15, 0.2) is 5.03 Å². The summed E-state index contributed by atoms with van der Waals surface area (Å²) in [6.45, 7) is 0. The van der Waals surface area contributed by atoms with E-state index in [-0.39, 0.29) is 16.4 Å². The first-order chi connectivity index (χ1) is 8.90. The Kier molecular flexibility index (Phi) is 3.72. The Labute approximate surface area is 117 Å². The molecule has 0 spiro atoms. The highest BCUT2D eigenvalue weighted by atomic mass is 79.9. The van der Waals surface area contributed by atoms with Crippen LogP contribution in [0.2, 0.25) is 0 Å². The summed E-state index contributed by atoms with van der Waals surface area (Å²) < 4.78 is 40.3. The van der Waals surface area contributed by atoms with E-state index in [1.165, 1.54) is 30.5 Å². The lowest BCUT2D eigenvalue weighted by atomic mass is 10.3. The molecule has 0 atom stereocenters. The van der Waals surface area contributed by atoms with Gasteiger partial charge in [-0.1, -0.05) is 15.9 Å². The molecule has 8 heteroatoms.